The molecule has 0 saturated heterocycles. The van der Waals surface area contributed by atoms with E-state index in [1.165, 1.54) is 0 Å². The second kappa shape index (κ2) is 15.1. The van der Waals surface area contributed by atoms with E-state index in [4.69, 9.17) is 21.4 Å². The number of rotatable bonds is 3. The van der Waals surface area contributed by atoms with Gasteiger partial charge in [-0.25, -0.2) is 9.97 Å². The Morgan fingerprint density at radius 2 is 1.44 bits per heavy atom. The molecule has 0 aliphatic carbocycles. The lowest BCUT2D eigenvalue weighted by Gasteiger charge is -2.23. The van der Waals surface area contributed by atoms with Crippen molar-refractivity contribution in [3.8, 4) is 0 Å². The Morgan fingerprint density at radius 1 is 0.833 bits per heavy atom. The van der Waals surface area contributed by atoms with Crippen LogP contribution in [0.2, 0.25) is 0 Å². The zero-order valence-corrected chi connectivity index (χ0v) is 30.7. The lowest BCUT2D eigenvalue weighted by Crippen LogP contribution is -2.39. The van der Waals surface area contributed by atoms with Crippen LogP contribution in [0.5, 0.6) is 0 Å². The predicted molar refractivity (Wildman–Crippen MR) is 204 cm³/mol. The molecule has 17 heteroatoms. The van der Waals surface area contributed by atoms with Gasteiger partial charge in [0, 0.05) is 68.1 Å². The molecule has 2 aliphatic rings. The zero-order valence-electron chi connectivity index (χ0n) is 30.7. The number of hydrogen-bond acceptors (Lipinski definition) is 10. The number of hydrogen-bond donors (Lipinski definition) is 5. The molecule has 4 amide bonds. The number of anilines is 2. The van der Waals surface area contributed by atoms with Crippen LogP contribution in [0.3, 0.4) is 0 Å². The van der Waals surface area contributed by atoms with Crippen LogP contribution in [0.4, 0.5) is 11.9 Å². The van der Waals surface area contributed by atoms with Gasteiger partial charge in [0.1, 0.15) is 11.7 Å². The van der Waals surface area contributed by atoms with E-state index in [-0.39, 0.29) is 11.8 Å². The van der Waals surface area contributed by atoms with Crippen LogP contribution in [0.1, 0.15) is 82.0 Å². The second-order valence-electron chi connectivity index (χ2n) is 13.8. The fourth-order valence-electron chi connectivity index (χ4n) is 7.37. The van der Waals surface area contributed by atoms with Crippen molar-refractivity contribution < 1.29 is 19.2 Å². The van der Waals surface area contributed by atoms with Crippen LogP contribution < -0.4 is 27.4 Å². The van der Waals surface area contributed by atoms with Gasteiger partial charge in [0.25, 0.3) is 11.8 Å². The third-order valence-electron chi connectivity index (χ3n) is 10.1. The molecule has 0 bridgehead atoms. The van der Waals surface area contributed by atoms with E-state index in [0.717, 1.165) is 47.3 Å². The maximum atomic E-state index is 14.1. The first-order valence-electron chi connectivity index (χ1n) is 18.3. The van der Waals surface area contributed by atoms with Gasteiger partial charge in [0.15, 0.2) is 0 Å². The number of amides is 4. The molecule has 0 saturated carbocycles. The van der Waals surface area contributed by atoms with E-state index in [0.29, 0.717) is 91.9 Å². The zero-order chi connectivity index (χ0) is 38.1. The number of nitrogens with one attached hydrogen (secondary N) is 3. The molecule has 5 heterocycles. The van der Waals surface area contributed by atoms with Crippen molar-refractivity contribution in [2.24, 2.45) is 16.6 Å². The predicted octanol–water partition coefficient (Wildman–Crippen LogP) is 2.77. The topological polar surface area (TPSA) is 225 Å². The minimum atomic E-state index is -0.572. The summed E-state index contributed by atoms with van der Waals surface area (Å²) in [4.78, 5) is 61.4. The second-order valence-corrected chi connectivity index (χ2v) is 13.8. The summed E-state index contributed by atoms with van der Waals surface area (Å²) in [6.07, 6.45) is 3.60. The van der Waals surface area contributed by atoms with Crippen LogP contribution in [0.25, 0.3) is 22.1 Å². The summed E-state index contributed by atoms with van der Waals surface area (Å²) in [6, 6.07) is 9.60. The van der Waals surface area contributed by atoms with Crippen LogP contribution in [-0.2, 0) is 30.8 Å². The van der Waals surface area contributed by atoms with Crippen molar-refractivity contribution >= 4 is 63.3 Å². The van der Waals surface area contributed by atoms with Crippen LogP contribution >= 0.6 is 0 Å². The van der Waals surface area contributed by atoms with Crippen molar-refractivity contribution in [1.29, 1.82) is 0 Å². The summed E-state index contributed by atoms with van der Waals surface area (Å²) in [5.41, 5.74) is 17.3. The van der Waals surface area contributed by atoms with Gasteiger partial charge < -0.3 is 25.9 Å². The molecule has 0 spiro atoms. The van der Waals surface area contributed by atoms with Crippen molar-refractivity contribution in [2.45, 2.75) is 78.6 Å². The number of fused-ring (bicyclic) bond motifs is 8. The smallest absolute Gasteiger partial charge is 0.276 e. The Hall–Kier alpha value is -6.10. The van der Waals surface area contributed by atoms with Gasteiger partial charge in [-0.1, -0.05) is 6.42 Å². The number of hydrazone groups is 1. The van der Waals surface area contributed by atoms with Crippen molar-refractivity contribution in [2.75, 3.05) is 30.3 Å². The molecule has 282 valence electrons. The summed E-state index contributed by atoms with van der Waals surface area (Å²) in [6.45, 7) is 8.73. The summed E-state index contributed by atoms with van der Waals surface area (Å²) in [5.74, 6) is -0.973. The summed E-state index contributed by atoms with van der Waals surface area (Å²) in [5, 5.41) is 20.8. The SMILES string of the molecule is CCn1nc(C)c2c1C(=O)Nc1nc3cc(C(N)=O)ccc3n1CCNCCn1c(nc3cc(C(N)=O)ccc31)NC(=O)C1CC(C)=NN1CCCCC2. The molecule has 1 atom stereocenters. The van der Waals surface area contributed by atoms with Crippen LogP contribution in [-0.4, -0.2) is 88.9 Å². The van der Waals surface area contributed by atoms with E-state index in [2.05, 4.69) is 26.2 Å². The van der Waals surface area contributed by atoms with Gasteiger partial charge in [-0.3, -0.25) is 39.5 Å². The largest absolute Gasteiger partial charge is 0.366 e. The van der Waals surface area contributed by atoms with Gasteiger partial charge in [-0.05, 0) is 76.4 Å². The number of aryl methyl sites for hydroxylation is 2. The van der Waals surface area contributed by atoms with Gasteiger partial charge in [0.05, 0.1) is 27.8 Å². The Balaban J connectivity index is 1.22. The maximum absolute atomic E-state index is 14.1. The quantitative estimate of drug-likeness (QED) is 0.183. The van der Waals surface area contributed by atoms with Gasteiger partial charge in [-0.15, -0.1) is 0 Å². The van der Waals surface area contributed by atoms with E-state index in [1.54, 1.807) is 41.1 Å². The molecule has 5 aromatic rings. The van der Waals surface area contributed by atoms with Crippen molar-refractivity contribution in [3.05, 3.63) is 64.5 Å². The molecule has 0 fully saturated rings. The molecule has 2 aromatic carbocycles. The van der Waals surface area contributed by atoms with Crippen molar-refractivity contribution in [1.82, 2.24) is 39.2 Å². The minimum Gasteiger partial charge on any atom is -0.366 e. The molecule has 1 unspecified atom stereocenters. The highest BCUT2D eigenvalue weighted by molar-refractivity contribution is 6.05. The molecule has 2 aliphatic heterocycles. The molecular formula is C37H45N13O4. The molecule has 0 radical (unpaired) electrons. The Morgan fingerprint density at radius 3 is 2.04 bits per heavy atom. The van der Waals surface area contributed by atoms with Gasteiger partial charge >= 0.3 is 0 Å². The summed E-state index contributed by atoms with van der Waals surface area (Å²) >= 11 is 0. The molecular weight excluding hydrogens is 690 g/mol. The number of nitrogens with two attached hydrogens (primary N) is 2. The van der Waals surface area contributed by atoms with Gasteiger partial charge in [-0.2, -0.15) is 10.2 Å². The lowest BCUT2D eigenvalue weighted by atomic mass is 10.0. The molecule has 7 rings (SSSR count). The van der Waals surface area contributed by atoms with Crippen molar-refractivity contribution in [3.63, 3.8) is 0 Å². The fraction of sp³-hybridized carbons (Fsp3) is 0.405. The van der Waals surface area contributed by atoms with Crippen LogP contribution in [0.15, 0.2) is 41.5 Å². The number of carbonyl (C=O) groups is 4. The third-order valence-corrected chi connectivity index (χ3v) is 10.1. The molecule has 54 heavy (non-hydrogen) atoms. The first kappa shape index (κ1) is 36.3. The number of aromatic nitrogens is 6. The first-order valence-corrected chi connectivity index (χ1v) is 18.3. The Labute approximate surface area is 311 Å². The molecule has 17 nitrogen and oxygen atoms in total. The number of nitrogens with zero attached hydrogens (tertiary/aromatic N) is 8. The number of carbonyl (C=O) groups excluding carboxylic acids is 4. The highest BCUT2D eigenvalue weighted by Gasteiger charge is 2.32. The number of imidazole rings is 2. The first-order chi connectivity index (χ1) is 26.0. The minimum absolute atomic E-state index is 0.213. The molecule has 7 N–H and O–H groups in total. The standard InChI is InChI=1S/C37H45N13O4/c1-4-49-31-25(22(3)46-49)8-6-5-7-15-50-30(18-21(2)45-50)34(53)43-36-41-26-19-23(32(38)51)9-11-28(26)47(36)16-13-40-14-17-48-29-12-10-24(33(39)52)20-27(29)42-37(48)44-35(31)54/h9-12,19-20,30,40H,4-8,13-18H2,1-3H3,(H2,38,51)(H2,39,52)(H,41,43,53)(H,42,44,54). The van der Waals surface area contributed by atoms with E-state index >= 15 is 0 Å². The number of primary amides is 2. The average Bonchev–Trinajstić information content (AvgIpc) is 3.88. The third kappa shape index (κ3) is 7.13. The Kier molecular flexibility index (Phi) is 10.1. The Bertz CT molecular complexity index is 2320. The number of benzene rings is 2. The van der Waals surface area contributed by atoms with E-state index in [1.807, 2.05) is 34.9 Å². The van der Waals surface area contributed by atoms with Gasteiger partial charge in [0.2, 0.25) is 23.7 Å². The average molecular weight is 736 g/mol. The normalized spacial score (nSPS) is 17.7. The van der Waals surface area contributed by atoms with E-state index < -0.39 is 17.9 Å². The van der Waals surface area contributed by atoms with Crippen LogP contribution in [0, 0.1) is 6.92 Å². The maximum Gasteiger partial charge on any atom is 0.276 e. The van der Waals surface area contributed by atoms with E-state index in [9.17, 15) is 19.2 Å². The lowest BCUT2D eigenvalue weighted by molar-refractivity contribution is -0.120. The highest BCUT2D eigenvalue weighted by atomic mass is 16.2. The summed E-state index contributed by atoms with van der Waals surface area (Å²) < 4.78 is 5.53. The fourth-order valence-corrected chi connectivity index (χ4v) is 7.37. The monoisotopic (exact) mass is 735 g/mol. The summed E-state index contributed by atoms with van der Waals surface area (Å²) in [7, 11) is 0. The highest BCUT2D eigenvalue weighted by Crippen LogP contribution is 2.26. The molecule has 3 aromatic heterocycles.